The van der Waals surface area contributed by atoms with Crippen molar-refractivity contribution in [2.24, 2.45) is 0 Å². The molecule has 104 valence electrons. The zero-order valence-electron chi connectivity index (χ0n) is 11.8. The van der Waals surface area contributed by atoms with Gasteiger partial charge in [0.15, 0.2) is 11.5 Å². The minimum Gasteiger partial charge on any atom is -0.504 e. The lowest BCUT2D eigenvalue weighted by molar-refractivity contribution is 0.292. The molecule has 0 spiro atoms. The molecule has 3 nitrogen and oxygen atoms in total. The van der Waals surface area contributed by atoms with Crippen molar-refractivity contribution < 1.29 is 9.84 Å². The van der Waals surface area contributed by atoms with E-state index < -0.39 is 0 Å². The molecule has 1 aliphatic rings. The lowest BCUT2D eigenvalue weighted by atomic mass is 9.84. The second-order valence-electron chi connectivity index (χ2n) is 5.38. The van der Waals surface area contributed by atoms with Crippen molar-refractivity contribution in [2.45, 2.75) is 12.5 Å². The van der Waals surface area contributed by atoms with Crippen molar-refractivity contribution in [3.05, 3.63) is 59.2 Å². The minimum absolute atomic E-state index is 0.219. The van der Waals surface area contributed by atoms with E-state index in [1.807, 2.05) is 18.2 Å². The smallest absolute Gasteiger partial charge is 0.160 e. The molecule has 2 aromatic carbocycles. The van der Waals surface area contributed by atoms with E-state index in [0.717, 1.165) is 13.1 Å². The fourth-order valence-electron chi connectivity index (χ4n) is 2.99. The van der Waals surface area contributed by atoms with Gasteiger partial charge < -0.3 is 14.7 Å². The maximum Gasteiger partial charge on any atom is 0.160 e. The SMILES string of the molecule is COc1cc2c(cc1O)C(c1ccccc1)CN(C)C2. The number of nitrogens with zero attached hydrogens (tertiary/aromatic N) is 1. The van der Waals surface area contributed by atoms with Crippen LogP contribution in [-0.2, 0) is 6.54 Å². The topological polar surface area (TPSA) is 32.7 Å². The predicted octanol–water partition coefficient (Wildman–Crippen LogP) is 2.98. The summed E-state index contributed by atoms with van der Waals surface area (Å²) in [6.07, 6.45) is 0. The number of ether oxygens (including phenoxy) is 1. The van der Waals surface area contributed by atoms with Gasteiger partial charge in [0.25, 0.3) is 0 Å². The molecule has 1 unspecified atom stereocenters. The largest absolute Gasteiger partial charge is 0.504 e. The summed E-state index contributed by atoms with van der Waals surface area (Å²) in [5.74, 6) is 1.06. The van der Waals surface area contributed by atoms with Gasteiger partial charge in [-0.1, -0.05) is 30.3 Å². The van der Waals surface area contributed by atoms with Crippen LogP contribution < -0.4 is 4.74 Å². The molecular weight excluding hydrogens is 250 g/mol. The molecule has 0 fully saturated rings. The summed E-state index contributed by atoms with van der Waals surface area (Å²) < 4.78 is 5.22. The van der Waals surface area contributed by atoms with Crippen molar-refractivity contribution in [1.82, 2.24) is 4.90 Å². The number of phenolic OH excluding ortho intramolecular Hbond substituents is 1. The van der Waals surface area contributed by atoms with E-state index in [1.165, 1.54) is 16.7 Å². The number of benzene rings is 2. The first kappa shape index (κ1) is 13.0. The van der Waals surface area contributed by atoms with Gasteiger partial charge in [0.05, 0.1) is 7.11 Å². The molecule has 1 atom stereocenters. The van der Waals surface area contributed by atoms with Crippen LogP contribution in [0.15, 0.2) is 42.5 Å². The van der Waals surface area contributed by atoms with Crippen molar-refractivity contribution in [3.8, 4) is 11.5 Å². The van der Waals surface area contributed by atoms with Crippen LogP contribution in [0.5, 0.6) is 11.5 Å². The van der Waals surface area contributed by atoms with Gasteiger partial charge in [0, 0.05) is 19.0 Å². The van der Waals surface area contributed by atoms with Crippen molar-refractivity contribution in [3.63, 3.8) is 0 Å². The Labute approximate surface area is 119 Å². The molecule has 0 bridgehead atoms. The van der Waals surface area contributed by atoms with Crippen LogP contribution >= 0.6 is 0 Å². The Morgan fingerprint density at radius 2 is 1.95 bits per heavy atom. The first-order valence-corrected chi connectivity index (χ1v) is 6.82. The molecule has 20 heavy (non-hydrogen) atoms. The molecule has 0 aliphatic carbocycles. The molecule has 0 aromatic heterocycles. The van der Waals surface area contributed by atoms with Crippen LogP contribution in [0.4, 0.5) is 0 Å². The van der Waals surface area contributed by atoms with E-state index >= 15 is 0 Å². The Morgan fingerprint density at radius 3 is 2.65 bits per heavy atom. The van der Waals surface area contributed by atoms with Crippen LogP contribution in [0.2, 0.25) is 0 Å². The monoisotopic (exact) mass is 269 g/mol. The maximum atomic E-state index is 10.1. The molecule has 1 N–H and O–H groups in total. The van der Waals surface area contributed by atoms with E-state index in [0.29, 0.717) is 11.7 Å². The number of rotatable bonds is 2. The standard InChI is InChI=1S/C17H19NO2/c1-18-10-13-8-17(20-2)16(19)9-14(13)15(11-18)12-6-4-3-5-7-12/h3-9,15,19H,10-11H2,1-2H3. The van der Waals surface area contributed by atoms with Gasteiger partial charge in [-0.25, -0.2) is 0 Å². The molecule has 3 heteroatoms. The third-order valence-electron chi connectivity index (χ3n) is 3.95. The van der Waals surface area contributed by atoms with E-state index in [4.69, 9.17) is 4.74 Å². The Balaban J connectivity index is 2.10. The summed E-state index contributed by atoms with van der Waals surface area (Å²) >= 11 is 0. The minimum atomic E-state index is 0.219. The quantitative estimate of drug-likeness (QED) is 0.909. The van der Waals surface area contributed by atoms with Gasteiger partial charge >= 0.3 is 0 Å². The van der Waals surface area contributed by atoms with Crippen molar-refractivity contribution >= 4 is 0 Å². The van der Waals surface area contributed by atoms with Crippen LogP contribution in [0, 0.1) is 0 Å². The van der Waals surface area contributed by atoms with Gasteiger partial charge in [-0.05, 0) is 35.9 Å². The molecule has 1 aliphatic heterocycles. The lowest BCUT2D eigenvalue weighted by Gasteiger charge is -2.33. The molecule has 0 saturated carbocycles. The molecule has 0 radical (unpaired) electrons. The predicted molar refractivity (Wildman–Crippen MR) is 79.3 cm³/mol. The summed E-state index contributed by atoms with van der Waals surface area (Å²) in [6.45, 7) is 1.85. The van der Waals surface area contributed by atoms with Gasteiger partial charge in [-0.3, -0.25) is 0 Å². The Morgan fingerprint density at radius 1 is 1.20 bits per heavy atom. The van der Waals surface area contributed by atoms with Crippen LogP contribution in [0.3, 0.4) is 0 Å². The van der Waals surface area contributed by atoms with E-state index in [9.17, 15) is 5.11 Å². The second-order valence-corrected chi connectivity index (χ2v) is 5.38. The van der Waals surface area contributed by atoms with Crippen molar-refractivity contribution in [2.75, 3.05) is 20.7 Å². The molecule has 0 amide bonds. The number of methoxy groups -OCH3 is 1. The summed E-state index contributed by atoms with van der Waals surface area (Å²) in [4.78, 5) is 2.30. The van der Waals surface area contributed by atoms with Gasteiger partial charge in [-0.15, -0.1) is 0 Å². The summed E-state index contributed by atoms with van der Waals surface area (Å²) in [6, 6.07) is 14.3. The van der Waals surface area contributed by atoms with Gasteiger partial charge in [-0.2, -0.15) is 0 Å². The second kappa shape index (κ2) is 5.17. The summed E-state index contributed by atoms with van der Waals surface area (Å²) in [5.41, 5.74) is 3.71. The lowest BCUT2D eigenvalue weighted by Crippen LogP contribution is -2.30. The zero-order chi connectivity index (χ0) is 14.1. The van der Waals surface area contributed by atoms with Crippen LogP contribution in [0.1, 0.15) is 22.6 Å². The highest BCUT2D eigenvalue weighted by atomic mass is 16.5. The van der Waals surface area contributed by atoms with E-state index in [1.54, 1.807) is 7.11 Å². The highest BCUT2D eigenvalue weighted by Gasteiger charge is 2.26. The van der Waals surface area contributed by atoms with Crippen molar-refractivity contribution in [1.29, 1.82) is 0 Å². The number of fused-ring (bicyclic) bond motifs is 1. The molecule has 0 saturated heterocycles. The summed E-state index contributed by atoms with van der Waals surface area (Å²) in [7, 11) is 3.71. The Hall–Kier alpha value is -2.00. The first-order valence-electron chi connectivity index (χ1n) is 6.82. The van der Waals surface area contributed by atoms with Crippen LogP contribution in [0.25, 0.3) is 0 Å². The highest BCUT2D eigenvalue weighted by Crippen LogP contribution is 2.39. The van der Waals surface area contributed by atoms with Gasteiger partial charge in [0.1, 0.15) is 0 Å². The summed E-state index contributed by atoms with van der Waals surface area (Å²) in [5, 5.41) is 10.1. The third-order valence-corrected chi connectivity index (χ3v) is 3.95. The molecule has 1 heterocycles. The molecule has 3 rings (SSSR count). The Kier molecular flexibility index (Phi) is 3.36. The number of phenols is 1. The Bertz CT molecular complexity index is 610. The molecule has 2 aromatic rings. The average molecular weight is 269 g/mol. The highest BCUT2D eigenvalue weighted by molar-refractivity contribution is 5.51. The van der Waals surface area contributed by atoms with E-state index in [-0.39, 0.29) is 5.75 Å². The maximum absolute atomic E-state index is 10.1. The van der Waals surface area contributed by atoms with Gasteiger partial charge in [0.2, 0.25) is 0 Å². The number of hydrogen-bond donors (Lipinski definition) is 1. The first-order chi connectivity index (χ1) is 9.69. The third kappa shape index (κ3) is 2.25. The number of aromatic hydroxyl groups is 1. The molecular formula is C17H19NO2. The van der Waals surface area contributed by atoms with E-state index in [2.05, 4.69) is 36.2 Å². The normalized spacial score (nSPS) is 18.6. The number of likely N-dealkylation sites (N-methyl/N-ethyl adjacent to an activating group) is 1. The number of hydrogen-bond acceptors (Lipinski definition) is 3. The zero-order valence-corrected chi connectivity index (χ0v) is 11.8. The van der Waals surface area contributed by atoms with Crippen LogP contribution in [-0.4, -0.2) is 30.7 Å². The fourth-order valence-corrected chi connectivity index (χ4v) is 2.99. The fraction of sp³-hybridized carbons (Fsp3) is 0.294. The average Bonchev–Trinajstić information content (AvgIpc) is 2.47.